The molecule has 0 aliphatic carbocycles. The van der Waals surface area contributed by atoms with Crippen molar-refractivity contribution in [2.75, 3.05) is 20.9 Å². The molecule has 0 spiro atoms. The van der Waals surface area contributed by atoms with E-state index in [4.69, 9.17) is 9.47 Å². The monoisotopic (exact) mass is 219 g/mol. The van der Waals surface area contributed by atoms with Crippen LogP contribution in [0.15, 0.2) is 24.4 Å². The highest BCUT2D eigenvalue weighted by Crippen LogP contribution is 2.34. The Morgan fingerprint density at radius 1 is 1.31 bits per heavy atom. The summed E-state index contributed by atoms with van der Waals surface area (Å²) in [4.78, 5) is 12.8. The van der Waals surface area contributed by atoms with Gasteiger partial charge in [0.25, 0.3) is 0 Å². The maximum atomic E-state index is 11.0. The Bertz CT molecular complexity index is 438. The lowest BCUT2D eigenvalue weighted by atomic mass is 10.1. The molecule has 0 atom stereocenters. The summed E-state index contributed by atoms with van der Waals surface area (Å²) in [5.74, 6) is 1.41. The molecule has 84 valence electrons. The SMILES string of the molecule is CN(C)C=C(C=O)c1ccc2c(c1)OCO2. The van der Waals surface area contributed by atoms with Gasteiger partial charge in [-0.25, -0.2) is 0 Å². The molecule has 2 rings (SSSR count). The highest BCUT2D eigenvalue weighted by molar-refractivity contribution is 6.06. The highest BCUT2D eigenvalue weighted by atomic mass is 16.7. The zero-order valence-corrected chi connectivity index (χ0v) is 9.27. The normalized spacial score (nSPS) is 13.8. The van der Waals surface area contributed by atoms with Crippen molar-refractivity contribution in [1.82, 2.24) is 4.90 Å². The van der Waals surface area contributed by atoms with E-state index in [0.29, 0.717) is 11.3 Å². The Kier molecular flexibility index (Phi) is 2.81. The smallest absolute Gasteiger partial charge is 0.231 e. The standard InChI is InChI=1S/C12H13NO3/c1-13(2)6-10(7-14)9-3-4-11-12(5-9)16-8-15-11/h3-7H,8H2,1-2H3. The Labute approximate surface area is 94.1 Å². The fraction of sp³-hybridized carbons (Fsp3) is 0.250. The lowest BCUT2D eigenvalue weighted by Gasteiger charge is -2.08. The quantitative estimate of drug-likeness (QED) is 0.570. The van der Waals surface area contributed by atoms with Gasteiger partial charge in [0.05, 0.1) is 0 Å². The number of benzene rings is 1. The van der Waals surface area contributed by atoms with Gasteiger partial charge in [0.2, 0.25) is 6.79 Å². The van der Waals surface area contributed by atoms with Gasteiger partial charge in [0.15, 0.2) is 17.8 Å². The summed E-state index contributed by atoms with van der Waals surface area (Å²) in [5, 5.41) is 0. The molecule has 4 heteroatoms. The minimum atomic E-state index is 0.243. The van der Waals surface area contributed by atoms with E-state index in [9.17, 15) is 4.79 Å². The number of aldehydes is 1. The Morgan fingerprint density at radius 2 is 2.06 bits per heavy atom. The van der Waals surface area contributed by atoms with E-state index >= 15 is 0 Å². The van der Waals surface area contributed by atoms with E-state index in [0.717, 1.165) is 17.6 Å². The zero-order chi connectivity index (χ0) is 11.5. The summed E-state index contributed by atoms with van der Waals surface area (Å²) in [6, 6.07) is 5.47. The third-order valence-electron chi connectivity index (χ3n) is 2.23. The fourth-order valence-corrected chi connectivity index (χ4v) is 1.53. The van der Waals surface area contributed by atoms with Gasteiger partial charge in [-0.3, -0.25) is 4.79 Å². The number of hydrogen-bond donors (Lipinski definition) is 0. The molecule has 0 N–H and O–H groups in total. The molecule has 0 unspecified atom stereocenters. The number of carbonyl (C=O) groups is 1. The summed E-state index contributed by atoms with van der Waals surface area (Å²) in [6.45, 7) is 0.243. The second-order valence-electron chi connectivity index (χ2n) is 3.73. The molecule has 0 fully saturated rings. The van der Waals surface area contributed by atoms with Crippen LogP contribution in [0.2, 0.25) is 0 Å². The van der Waals surface area contributed by atoms with Crippen LogP contribution in [0.3, 0.4) is 0 Å². The molecule has 0 radical (unpaired) electrons. The van der Waals surface area contributed by atoms with Gasteiger partial charge < -0.3 is 14.4 Å². The first-order valence-corrected chi connectivity index (χ1v) is 4.94. The van der Waals surface area contributed by atoms with Crippen LogP contribution in [-0.4, -0.2) is 32.1 Å². The Balaban J connectivity index is 2.36. The van der Waals surface area contributed by atoms with E-state index in [2.05, 4.69) is 0 Å². The number of hydrogen-bond acceptors (Lipinski definition) is 4. The van der Waals surface area contributed by atoms with Crippen LogP contribution in [0.5, 0.6) is 11.5 Å². The minimum Gasteiger partial charge on any atom is -0.454 e. The van der Waals surface area contributed by atoms with Gasteiger partial charge in [-0.2, -0.15) is 0 Å². The third kappa shape index (κ3) is 2.00. The zero-order valence-electron chi connectivity index (χ0n) is 9.27. The topological polar surface area (TPSA) is 38.8 Å². The molecule has 4 nitrogen and oxygen atoms in total. The number of rotatable bonds is 3. The second kappa shape index (κ2) is 4.26. The molecular formula is C12H13NO3. The number of nitrogens with zero attached hydrogens (tertiary/aromatic N) is 1. The molecule has 1 heterocycles. The van der Waals surface area contributed by atoms with Crippen molar-refractivity contribution in [3.8, 4) is 11.5 Å². The molecule has 1 aromatic carbocycles. The number of carbonyl (C=O) groups excluding carboxylic acids is 1. The summed E-state index contributed by atoms with van der Waals surface area (Å²) in [7, 11) is 3.74. The molecule has 0 aromatic heterocycles. The highest BCUT2D eigenvalue weighted by Gasteiger charge is 2.14. The molecule has 1 aliphatic heterocycles. The van der Waals surface area contributed by atoms with Gasteiger partial charge in [-0.1, -0.05) is 6.07 Å². The van der Waals surface area contributed by atoms with Crippen LogP contribution in [0.25, 0.3) is 5.57 Å². The van der Waals surface area contributed by atoms with Gasteiger partial charge in [0, 0.05) is 25.9 Å². The van der Waals surface area contributed by atoms with E-state index in [1.807, 2.05) is 37.2 Å². The van der Waals surface area contributed by atoms with Crippen molar-refractivity contribution in [2.45, 2.75) is 0 Å². The number of fused-ring (bicyclic) bond motifs is 1. The maximum absolute atomic E-state index is 11.0. The molecular weight excluding hydrogens is 206 g/mol. The predicted molar refractivity (Wildman–Crippen MR) is 60.3 cm³/mol. The maximum Gasteiger partial charge on any atom is 0.231 e. The fourth-order valence-electron chi connectivity index (χ4n) is 1.53. The van der Waals surface area contributed by atoms with Crippen LogP contribution < -0.4 is 9.47 Å². The summed E-state index contributed by atoms with van der Waals surface area (Å²) in [6.07, 6.45) is 2.60. The summed E-state index contributed by atoms with van der Waals surface area (Å²) >= 11 is 0. The Morgan fingerprint density at radius 3 is 2.75 bits per heavy atom. The van der Waals surface area contributed by atoms with Crippen LogP contribution in [0, 0.1) is 0 Å². The largest absolute Gasteiger partial charge is 0.454 e. The van der Waals surface area contributed by atoms with Crippen LogP contribution in [0.4, 0.5) is 0 Å². The first-order valence-electron chi connectivity index (χ1n) is 4.94. The van der Waals surface area contributed by atoms with Crippen LogP contribution in [0.1, 0.15) is 5.56 Å². The molecule has 0 amide bonds. The van der Waals surface area contributed by atoms with Gasteiger partial charge in [-0.05, 0) is 17.7 Å². The average Bonchev–Trinajstić information content (AvgIpc) is 2.72. The van der Waals surface area contributed by atoms with Crippen molar-refractivity contribution in [2.24, 2.45) is 0 Å². The van der Waals surface area contributed by atoms with Crippen molar-refractivity contribution in [1.29, 1.82) is 0 Å². The summed E-state index contributed by atoms with van der Waals surface area (Å²) < 4.78 is 10.5. The van der Waals surface area contributed by atoms with E-state index in [1.54, 1.807) is 6.20 Å². The number of ether oxygens (including phenoxy) is 2. The molecule has 0 bridgehead atoms. The predicted octanol–water partition coefficient (Wildman–Crippen LogP) is 1.52. The van der Waals surface area contributed by atoms with Crippen molar-refractivity contribution in [3.05, 3.63) is 30.0 Å². The average molecular weight is 219 g/mol. The first-order chi connectivity index (χ1) is 7.70. The van der Waals surface area contributed by atoms with Crippen molar-refractivity contribution in [3.63, 3.8) is 0 Å². The lowest BCUT2D eigenvalue weighted by Crippen LogP contribution is -2.03. The molecule has 0 saturated heterocycles. The minimum absolute atomic E-state index is 0.243. The van der Waals surface area contributed by atoms with Crippen LogP contribution >= 0.6 is 0 Å². The lowest BCUT2D eigenvalue weighted by molar-refractivity contribution is -0.103. The molecule has 1 aliphatic rings. The van der Waals surface area contributed by atoms with Crippen molar-refractivity contribution < 1.29 is 14.3 Å². The molecule has 0 saturated carbocycles. The first kappa shape index (κ1) is 10.5. The van der Waals surface area contributed by atoms with E-state index in [1.165, 1.54) is 0 Å². The van der Waals surface area contributed by atoms with E-state index in [-0.39, 0.29) is 6.79 Å². The van der Waals surface area contributed by atoms with Crippen LogP contribution in [-0.2, 0) is 4.79 Å². The molecule has 1 aromatic rings. The molecule has 16 heavy (non-hydrogen) atoms. The van der Waals surface area contributed by atoms with Gasteiger partial charge in [-0.15, -0.1) is 0 Å². The third-order valence-corrected chi connectivity index (χ3v) is 2.23. The van der Waals surface area contributed by atoms with Gasteiger partial charge in [0.1, 0.15) is 0 Å². The summed E-state index contributed by atoms with van der Waals surface area (Å²) in [5.41, 5.74) is 1.44. The van der Waals surface area contributed by atoms with E-state index < -0.39 is 0 Å². The second-order valence-corrected chi connectivity index (χ2v) is 3.73. The van der Waals surface area contributed by atoms with Gasteiger partial charge >= 0.3 is 0 Å². The Hall–Kier alpha value is -1.97. The number of allylic oxidation sites excluding steroid dienone is 1. The van der Waals surface area contributed by atoms with Crippen molar-refractivity contribution >= 4 is 11.9 Å².